The normalized spacial score (nSPS) is 15.2. The van der Waals surface area contributed by atoms with Crippen LogP contribution in [0.2, 0.25) is 0 Å². The summed E-state index contributed by atoms with van der Waals surface area (Å²) in [6, 6.07) is 0.709. The lowest BCUT2D eigenvalue weighted by molar-refractivity contribution is 0.375. The Morgan fingerprint density at radius 3 is 2.29 bits per heavy atom. The van der Waals surface area contributed by atoms with E-state index < -0.39 is 0 Å². The second-order valence-corrected chi connectivity index (χ2v) is 6.64. The quantitative estimate of drug-likeness (QED) is 0.583. The minimum Gasteiger partial charge on any atom is -0.316 e. The Hall–Kier alpha value is 0.310. The predicted octanol–water partition coefficient (Wildman–Crippen LogP) is 4.57. The van der Waals surface area contributed by atoms with Crippen LogP contribution in [0.25, 0.3) is 0 Å². The van der Waals surface area contributed by atoms with E-state index in [1.165, 1.54) is 43.6 Å². The number of hydrogen-bond acceptors (Lipinski definition) is 2. The number of unbranched alkanes of at least 4 members (excludes halogenated alkanes) is 1. The molecule has 0 saturated carbocycles. The highest BCUT2D eigenvalue weighted by atomic mass is 32.2. The molecule has 2 unspecified atom stereocenters. The van der Waals surface area contributed by atoms with Crippen molar-refractivity contribution in [2.75, 3.05) is 18.6 Å². The van der Waals surface area contributed by atoms with Crippen LogP contribution < -0.4 is 5.32 Å². The maximum atomic E-state index is 3.50. The summed E-state index contributed by atoms with van der Waals surface area (Å²) in [4.78, 5) is 0. The zero-order valence-corrected chi connectivity index (χ0v) is 13.4. The third-order valence-electron chi connectivity index (χ3n) is 3.34. The van der Waals surface area contributed by atoms with E-state index >= 15 is 0 Å². The van der Waals surface area contributed by atoms with Gasteiger partial charge >= 0.3 is 0 Å². The summed E-state index contributed by atoms with van der Waals surface area (Å²) < 4.78 is 0. The predicted molar refractivity (Wildman–Crippen MR) is 82.9 cm³/mol. The van der Waals surface area contributed by atoms with Gasteiger partial charge in [0.25, 0.3) is 0 Å². The Balaban J connectivity index is 3.82. The largest absolute Gasteiger partial charge is 0.316 e. The van der Waals surface area contributed by atoms with Crippen LogP contribution in [0, 0.1) is 11.8 Å². The summed E-state index contributed by atoms with van der Waals surface area (Å²) in [5, 5.41) is 3.50. The molecule has 0 rings (SSSR count). The van der Waals surface area contributed by atoms with Crippen molar-refractivity contribution in [2.24, 2.45) is 11.8 Å². The molecule has 0 spiro atoms. The number of thioether (sulfide) groups is 1. The number of nitrogens with one attached hydrogen (secondary N) is 1. The van der Waals surface area contributed by atoms with Crippen LogP contribution >= 0.6 is 11.8 Å². The van der Waals surface area contributed by atoms with Gasteiger partial charge in [0.1, 0.15) is 0 Å². The average Bonchev–Trinajstić information content (AvgIpc) is 2.31. The average molecular weight is 260 g/mol. The van der Waals surface area contributed by atoms with Gasteiger partial charge in [-0.1, -0.05) is 53.4 Å². The van der Waals surface area contributed by atoms with Crippen LogP contribution in [-0.2, 0) is 0 Å². The molecule has 2 atom stereocenters. The van der Waals surface area contributed by atoms with Gasteiger partial charge in [0, 0.05) is 11.8 Å². The summed E-state index contributed by atoms with van der Waals surface area (Å²) in [7, 11) is 2.12. The molecule has 0 heterocycles. The van der Waals surface area contributed by atoms with Crippen LogP contribution in [0.15, 0.2) is 0 Å². The highest BCUT2D eigenvalue weighted by molar-refractivity contribution is 7.99. The number of hydrogen-bond donors (Lipinski definition) is 1. The molecule has 104 valence electrons. The van der Waals surface area contributed by atoms with Gasteiger partial charge in [0.15, 0.2) is 0 Å². The van der Waals surface area contributed by atoms with Crippen LogP contribution in [0.5, 0.6) is 0 Å². The Morgan fingerprint density at radius 1 is 1.12 bits per heavy atom. The van der Waals surface area contributed by atoms with Crippen molar-refractivity contribution in [3.8, 4) is 0 Å². The second kappa shape index (κ2) is 11.4. The molecule has 0 aliphatic rings. The lowest BCUT2D eigenvalue weighted by Gasteiger charge is -2.22. The summed E-state index contributed by atoms with van der Waals surface area (Å²) in [6.07, 6.45) is 6.85. The fourth-order valence-electron chi connectivity index (χ4n) is 2.10. The van der Waals surface area contributed by atoms with Crippen molar-refractivity contribution < 1.29 is 0 Å². The fraction of sp³-hybridized carbons (Fsp3) is 1.00. The van der Waals surface area contributed by atoms with E-state index in [4.69, 9.17) is 0 Å². The third-order valence-corrected chi connectivity index (χ3v) is 4.88. The lowest BCUT2D eigenvalue weighted by Crippen LogP contribution is -2.30. The molecule has 0 bridgehead atoms. The maximum Gasteiger partial charge on any atom is 0.0157 e. The summed E-state index contributed by atoms with van der Waals surface area (Å²) in [5.41, 5.74) is 0. The van der Waals surface area contributed by atoms with Gasteiger partial charge in [-0.25, -0.2) is 0 Å². The molecule has 2 heteroatoms. The monoisotopic (exact) mass is 259 g/mol. The molecule has 0 amide bonds. The molecule has 17 heavy (non-hydrogen) atoms. The molecule has 0 fully saturated rings. The standard InChI is InChI=1S/C15H33NS/c1-6-8-9-14(7-2)10-15(16-5)12-17-11-13(3)4/h13-16H,6-12H2,1-5H3. The van der Waals surface area contributed by atoms with Crippen molar-refractivity contribution in [2.45, 2.75) is 65.8 Å². The van der Waals surface area contributed by atoms with Crippen molar-refractivity contribution >= 4 is 11.8 Å². The zero-order chi connectivity index (χ0) is 13.1. The topological polar surface area (TPSA) is 12.0 Å². The fourth-order valence-corrected chi connectivity index (χ4v) is 3.29. The third kappa shape index (κ3) is 9.96. The van der Waals surface area contributed by atoms with Gasteiger partial charge in [-0.3, -0.25) is 0 Å². The Bertz CT molecular complexity index is 159. The van der Waals surface area contributed by atoms with E-state index in [0.29, 0.717) is 6.04 Å². The molecule has 1 N–H and O–H groups in total. The summed E-state index contributed by atoms with van der Waals surface area (Å²) >= 11 is 2.11. The van der Waals surface area contributed by atoms with Crippen molar-refractivity contribution in [1.82, 2.24) is 5.32 Å². The van der Waals surface area contributed by atoms with Gasteiger partial charge in [-0.2, -0.15) is 11.8 Å². The van der Waals surface area contributed by atoms with E-state index in [1.54, 1.807) is 0 Å². The van der Waals surface area contributed by atoms with Crippen LogP contribution in [0.1, 0.15) is 59.8 Å². The van der Waals surface area contributed by atoms with Crippen molar-refractivity contribution in [3.05, 3.63) is 0 Å². The van der Waals surface area contributed by atoms with E-state index in [-0.39, 0.29) is 0 Å². The Labute approximate surface area is 114 Å². The maximum absolute atomic E-state index is 3.50. The molecule has 0 aromatic carbocycles. The molecular weight excluding hydrogens is 226 g/mol. The molecule has 0 aliphatic heterocycles. The molecule has 0 saturated heterocycles. The van der Waals surface area contributed by atoms with E-state index in [9.17, 15) is 0 Å². The van der Waals surface area contributed by atoms with E-state index in [2.05, 4.69) is 51.8 Å². The van der Waals surface area contributed by atoms with Gasteiger partial charge in [-0.15, -0.1) is 0 Å². The molecule has 0 aromatic rings. The SMILES string of the molecule is CCCCC(CC)CC(CSCC(C)C)NC. The smallest absolute Gasteiger partial charge is 0.0157 e. The van der Waals surface area contributed by atoms with Gasteiger partial charge < -0.3 is 5.32 Å². The highest BCUT2D eigenvalue weighted by Gasteiger charge is 2.13. The zero-order valence-electron chi connectivity index (χ0n) is 12.6. The molecule has 0 aliphatic carbocycles. The molecule has 0 aromatic heterocycles. The van der Waals surface area contributed by atoms with Crippen LogP contribution in [0.4, 0.5) is 0 Å². The van der Waals surface area contributed by atoms with E-state index in [1.807, 2.05) is 0 Å². The van der Waals surface area contributed by atoms with Crippen molar-refractivity contribution in [1.29, 1.82) is 0 Å². The molecular formula is C15H33NS. The first kappa shape index (κ1) is 17.3. The van der Waals surface area contributed by atoms with Gasteiger partial charge in [-0.05, 0) is 31.1 Å². The van der Waals surface area contributed by atoms with Crippen LogP contribution in [0.3, 0.4) is 0 Å². The molecule has 1 nitrogen and oxygen atoms in total. The second-order valence-electron chi connectivity index (χ2n) is 5.57. The first-order valence-electron chi connectivity index (χ1n) is 7.38. The summed E-state index contributed by atoms with van der Waals surface area (Å²) in [5.74, 6) is 4.31. The minimum absolute atomic E-state index is 0.709. The number of rotatable bonds is 11. The lowest BCUT2D eigenvalue weighted by atomic mass is 9.93. The van der Waals surface area contributed by atoms with Gasteiger partial charge in [0.2, 0.25) is 0 Å². The summed E-state index contributed by atoms with van der Waals surface area (Å²) in [6.45, 7) is 9.24. The minimum atomic E-state index is 0.709. The van der Waals surface area contributed by atoms with Crippen molar-refractivity contribution in [3.63, 3.8) is 0 Å². The first-order valence-corrected chi connectivity index (χ1v) is 8.54. The highest BCUT2D eigenvalue weighted by Crippen LogP contribution is 2.20. The Morgan fingerprint density at radius 2 is 1.82 bits per heavy atom. The van der Waals surface area contributed by atoms with E-state index in [0.717, 1.165) is 11.8 Å². The molecule has 0 radical (unpaired) electrons. The van der Waals surface area contributed by atoms with Crippen LogP contribution in [-0.4, -0.2) is 24.6 Å². The van der Waals surface area contributed by atoms with Gasteiger partial charge in [0.05, 0.1) is 0 Å². The first-order chi connectivity index (χ1) is 8.13. The Kier molecular flexibility index (Phi) is 11.6.